The number of aliphatic hydroxyl groups excluding tert-OH is 3. The fourth-order valence-electron chi connectivity index (χ4n) is 2.88. The molecule has 0 amide bonds. The topological polar surface area (TPSA) is 107 Å². The second-order valence-electron chi connectivity index (χ2n) is 7.49. The second-order valence-corrected chi connectivity index (χ2v) is 7.49. The number of allylic oxidation sites excluding steroid dienone is 6. The van der Waals surface area contributed by atoms with Gasteiger partial charge in [-0.15, -0.1) is 0 Å². The van der Waals surface area contributed by atoms with Gasteiger partial charge in [-0.05, 0) is 37.8 Å². The van der Waals surface area contributed by atoms with Gasteiger partial charge in [0, 0.05) is 6.42 Å². The van der Waals surface area contributed by atoms with Gasteiger partial charge in [0.25, 0.3) is 0 Å². The fourth-order valence-corrected chi connectivity index (χ4v) is 2.88. The van der Waals surface area contributed by atoms with E-state index in [-0.39, 0.29) is 18.9 Å². The molecule has 1 aromatic rings. The molecule has 0 heterocycles. The van der Waals surface area contributed by atoms with Gasteiger partial charge in [-0.3, -0.25) is 4.79 Å². The summed E-state index contributed by atoms with van der Waals surface area (Å²) in [5.41, 5.74) is 0. The van der Waals surface area contributed by atoms with Crippen molar-refractivity contribution in [1.29, 1.82) is 0 Å². The van der Waals surface area contributed by atoms with Gasteiger partial charge in [-0.25, -0.2) is 0 Å². The van der Waals surface area contributed by atoms with Crippen molar-refractivity contribution in [2.75, 3.05) is 0 Å². The zero-order valence-corrected chi connectivity index (χ0v) is 18.7. The number of hydrogen-bond acceptors (Lipinski definition) is 5. The summed E-state index contributed by atoms with van der Waals surface area (Å²) in [4.78, 5) is 10.5. The highest BCUT2D eigenvalue weighted by molar-refractivity contribution is 5.66. The molecule has 0 aliphatic rings. The number of carbonyl (C=O) groups is 1. The maximum Gasteiger partial charge on any atom is 0.303 e. The van der Waals surface area contributed by atoms with E-state index in [0.717, 1.165) is 25.0 Å². The molecule has 0 aliphatic heterocycles. The summed E-state index contributed by atoms with van der Waals surface area (Å²) in [6.07, 6.45) is 13.7. The van der Waals surface area contributed by atoms with E-state index in [1.165, 1.54) is 6.08 Å². The van der Waals surface area contributed by atoms with E-state index >= 15 is 0 Å². The third-order valence-corrected chi connectivity index (χ3v) is 4.71. The van der Waals surface area contributed by atoms with Crippen LogP contribution in [0.25, 0.3) is 0 Å². The number of carboxylic acids is 1. The van der Waals surface area contributed by atoms with Crippen LogP contribution in [0.4, 0.5) is 0 Å². The van der Waals surface area contributed by atoms with Crippen LogP contribution in [0, 0.1) is 0 Å². The molecule has 0 radical (unpaired) electrons. The van der Waals surface area contributed by atoms with E-state index < -0.39 is 24.3 Å². The van der Waals surface area contributed by atoms with Crippen LogP contribution in [0.3, 0.4) is 0 Å². The molecule has 176 valence electrons. The van der Waals surface area contributed by atoms with Gasteiger partial charge >= 0.3 is 5.97 Å². The van der Waals surface area contributed by atoms with E-state index in [0.29, 0.717) is 6.42 Å². The maximum atomic E-state index is 10.5. The Bertz CT molecular complexity index is 738. The molecular weight excluding hydrogens is 408 g/mol. The molecule has 32 heavy (non-hydrogen) atoms. The first kappa shape index (κ1) is 27.4. The Morgan fingerprint density at radius 1 is 0.875 bits per heavy atom. The Hall–Kier alpha value is -2.67. The summed E-state index contributed by atoms with van der Waals surface area (Å²) in [5.74, 6) is -0.181. The van der Waals surface area contributed by atoms with Crippen molar-refractivity contribution < 1.29 is 30.0 Å². The summed E-state index contributed by atoms with van der Waals surface area (Å²) in [7, 11) is 0. The zero-order valence-electron chi connectivity index (χ0n) is 18.7. The number of unbranched alkanes of at least 4 members (excludes halogenated alkanes) is 1. The van der Waals surface area contributed by atoms with Crippen LogP contribution in [-0.4, -0.2) is 50.8 Å². The van der Waals surface area contributed by atoms with E-state index in [9.17, 15) is 20.1 Å². The van der Waals surface area contributed by atoms with E-state index in [1.807, 2.05) is 30.3 Å². The lowest BCUT2D eigenvalue weighted by Gasteiger charge is -2.22. The van der Waals surface area contributed by atoms with Crippen LogP contribution in [-0.2, 0) is 4.79 Å². The Balaban J connectivity index is 2.44. The van der Waals surface area contributed by atoms with Gasteiger partial charge in [0.05, 0.1) is 12.2 Å². The van der Waals surface area contributed by atoms with Gasteiger partial charge in [0.2, 0.25) is 0 Å². The molecule has 0 aliphatic carbocycles. The molecule has 1 aromatic carbocycles. The van der Waals surface area contributed by atoms with Crippen molar-refractivity contribution in [3.63, 3.8) is 0 Å². The number of aliphatic carboxylic acids is 1. The molecule has 0 saturated carbocycles. The zero-order chi connectivity index (χ0) is 23.6. The second kappa shape index (κ2) is 17.0. The molecule has 0 saturated heterocycles. The minimum Gasteiger partial charge on any atom is -0.487 e. The number of benzene rings is 1. The van der Waals surface area contributed by atoms with Crippen molar-refractivity contribution >= 4 is 5.97 Å². The summed E-state index contributed by atoms with van der Waals surface area (Å²) in [5, 5.41) is 38.7. The monoisotopic (exact) mass is 444 g/mol. The minimum absolute atomic E-state index is 0.0296. The first-order valence-electron chi connectivity index (χ1n) is 11.1. The molecule has 0 bridgehead atoms. The smallest absolute Gasteiger partial charge is 0.303 e. The van der Waals surface area contributed by atoms with Gasteiger partial charge < -0.3 is 25.2 Å². The molecule has 1 rings (SSSR count). The SMILES string of the molecule is CCCCC(Oc1ccccc1)[C@@H](O)/C=C/C=C\C=C\C=C\[C@@H](O)[C@@H](O)CCCC(=O)O. The summed E-state index contributed by atoms with van der Waals surface area (Å²) in [6, 6.07) is 9.47. The van der Waals surface area contributed by atoms with Crippen molar-refractivity contribution in [1.82, 2.24) is 0 Å². The fraction of sp³-hybridized carbons (Fsp3) is 0.423. The third kappa shape index (κ3) is 12.9. The van der Waals surface area contributed by atoms with Crippen LogP contribution in [0.5, 0.6) is 5.75 Å². The van der Waals surface area contributed by atoms with Gasteiger partial charge in [0.15, 0.2) is 0 Å². The third-order valence-electron chi connectivity index (χ3n) is 4.71. The summed E-state index contributed by atoms with van der Waals surface area (Å²) in [6.45, 7) is 2.10. The average molecular weight is 445 g/mol. The van der Waals surface area contributed by atoms with Gasteiger partial charge in [-0.1, -0.05) is 80.2 Å². The van der Waals surface area contributed by atoms with Crippen LogP contribution >= 0.6 is 0 Å². The van der Waals surface area contributed by atoms with Crippen molar-refractivity contribution in [2.45, 2.75) is 69.9 Å². The highest BCUT2D eigenvalue weighted by Gasteiger charge is 2.18. The molecule has 6 heteroatoms. The van der Waals surface area contributed by atoms with Crippen molar-refractivity contribution in [3.8, 4) is 5.75 Å². The summed E-state index contributed by atoms with van der Waals surface area (Å²) >= 11 is 0. The minimum atomic E-state index is -1.04. The van der Waals surface area contributed by atoms with Gasteiger partial charge in [0.1, 0.15) is 18.0 Å². The average Bonchev–Trinajstić information content (AvgIpc) is 2.78. The van der Waals surface area contributed by atoms with Gasteiger partial charge in [-0.2, -0.15) is 0 Å². The largest absolute Gasteiger partial charge is 0.487 e. The summed E-state index contributed by atoms with van der Waals surface area (Å²) < 4.78 is 5.94. The highest BCUT2D eigenvalue weighted by Crippen LogP contribution is 2.17. The lowest BCUT2D eigenvalue weighted by molar-refractivity contribution is -0.137. The van der Waals surface area contributed by atoms with Crippen LogP contribution < -0.4 is 4.74 Å². The number of carboxylic acid groups (broad SMARTS) is 1. The molecule has 0 fully saturated rings. The first-order chi connectivity index (χ1) is 15.4. The predicted octanol–water partition coefficient (Wildman–Crippen LogP) is 4.19. The standard InChI is InChI=1S/C26H36O6/c1-2-3-19-25(32-21-14-9-8-10-15-21)24(29)17-12-7-5-4-6-11-16-22(27)23(28)18-13-20-26(30)31/h4-12,14-17,22-25,27-29H,2-3,13,18-20H2,1H3,(H,30,31)/b6-4+,7-5-,16-11+,17-12+/t22-,23+,24+,25?/m1/s1. The normalized spacial score (nSPS) is 16.1. The van der Waals surface area contributed by atoms with E-state index in [2.05, 4.69) is 6.92 Å². The molecule has 0 aromatic heterocycles. The van der Waals surface area contributed by atoms with Crippen LogP contribution in [0.15, 0.2) is 78.9 Å². The number of hydrogen-bond donors (Lipinski definition) is 4. The van der Waals surface area contributed by atoms with Crippen LogP contribution in [0.1, 0.15) is 45.4 Å². The number of ether oxygens (including phenoxy) is 1. The number of aliphatic hydroxyl groups is 3. The molecule has 0 spiro atoms. The quantitative estimate of drug-likeness (QED) is 0.285. The number of rotatable bonds is 16. The highest BCUT2D eigenvalue weighted by atomic mass is 16.5. The molecule has 6 nitrogen and oxygen atoms in total. The number of para-hydroxylation sites is 1. The Labute approximate surface area is 190 Å². The lowest BCUT2D eigenvalue weighted by atomic mass is 10.1. The molecule has 4 N–H and O–H groups in total. The lowest BCUT2D eigenvalue weighted by Crippen LogP contribution is -2.30. The Morgan fingerprint density at radius 2 is 1.47 bits per heavy atom. The van der Waals surface area contributed by atoms with E-state index in [4.69, 9.17) is 9.84 Å². The molecule has 4 atom stereocenters. The van der Waals surface area contributed by atoms with Crippen molar-refractivity contribution in [2.24, 2.45) is 0 Å². The predicted molar refractivity (Wildman–Crippen MR) is 126 cm³/mol. The van der Waals surface area contributed by atoms with Crippen LogP contribution in [0.2, 0.25) is 0 Å². The van der Waals surface area contributed by atoms with Crippen molar-refractivity contribution in [3.05, 3.63) is 78.9 Å². The molecule has 1 unspecified atom stereocenters. The first-order valence-corrected chi connectivity index (χ1v) is 11.1. The molecular formula is C26H36O6. The maximum absolute atomic E-state index is 10.5. The Morgan fingerprint density at radius 3 is 2.06 bits per heavy atom. The Kier molecular flexibility index (Phi) is 14.5. The van der Waals surface area contributed by atoms with E-state index in [1.54, 1.807) is 42.5 Å².